The van der Waals surface area contributed by atoms with Gasteiger partial charge in [0, 0.05) is 5.66 Å². The number of benzene rings is 5. The minimum atomic E-state index is 0.565. The molecule has 3 unspecified atom stereocenters. The molecule has 1 heterocycles. The molecule has 3 atom stereocenters. The maximum Gasteiger partial charge on any atom is 0.00952 e. The highest BCUT2D eigenvalue weighted by Crippen LogP contribution is 2.48. The normalized spacial score (nSPS) is 20.4. The summed E-state index contributed by atoms with van der Waals surface area (Å²) in [6.45, 7) is 0. The fourth-order valence-corrected chi connectivity index (χ4v) is 9.48. The number of fused-ring (bicyclic) bond motifs is 4. The predicted molar refractivity (Wildman–Crippen MR) is 178 cm³/mol. The SMILES string of the molecule is C1=Cc2c(cccc2C2=c3ccccc3=C(c3ccc(-c4ccc5ccccc5c4)cc3)C3CCCCPC23)CC1. The van der Waals surface area contributed by atoms with E-state index in [0.717, 1.165) is 21.4 Å². The fourth-order valence-electron chi connectivity index (χ4n) is 7.59. The van der Waals surface area contributed by atoms with E-state index in [0.29, 0.717) is 11.6 Å². The molecular formula is C40H35P. The summed E-state index contributed by atoms with van der Waals surface area (Å²) in [5.41, 5.74) is 12.2. The highest BCUT2D eigenvalue weighted by molar-refractivity contribution is 7.39. The Balaban J connectivity index is 1.33. The minimum absolute atomic E-state index is 0.565. The van der Waals surface area contributed by atoms with Crippen molar-refractivity contribution < 1.29 is 0 Å². The summed E-state index contributed by atoms with van der Waals surface area (Å²) in [5, 5.41) is 5.51. The minimum Gasteiger partial charge on any atom is -0.114 e. The molecule has 0 saturated carbocycles. The summed E-state index contributed by atoms with van der Waals surface area (Å²) in [5.74, 6) is 0.565. The summed E-state index contributed by atoms with van der Waals surface area (Å²) < 4.78 is 0. The van der Waals surface area contributed by atoms with Gasteiger partial charge in [-0.25, -0.2) is 0 Å². The zero-order valence-electron chi connectivity index (χ0n) is 23.4. The van der Waals surface area contributed by atoms with E-state index in [2.05, 4.69) is 121 Å². The van der Waals surface area contributed by atoms with Crippen LogP contribution in [0.2, 0.25) is 0 Å². The van der Waals surface area contributed by atoms with Gasteiger partial charge in [-0.3, -0.25) is 0 Å². The van der Waals surface area contributed by atoms with E-state index in [1.54, 1.807) is 11.1 Å². The van der Waals surface area contributed by atoms with E-state index >= 15 is 0 Å². The lowest BCUT2D eigenvalue weighted by Gasteiger charge is -2.35. The summed E-state index contributed by atoms with van der Waals surface area (Å²) in [4.78, 5) is 0. The van der Waals surface area contributed by atoms with Crippen molar-refractivity contribution in [1.82, 2.24) is 0 Å². The first kappa shape index (κ1) is 25.0. The predicted octanol–water partition coefficient (Wildman–Crippen LogP) is 8.73. The molecule has 0 nitrogen and oxygen atoms in total. The van der Waals surface area contributed by atoms with Crippen LogP contribution in [0.15, 0.2) is 115 Å². The molecule has 5 aromatic carbocycles. The maximum atomic E-state index is 2.41. The smallest absolute Gasteiger partial charge is 0.00952 e. The first-order valence-electron chi connectivity index (χ1n) is 15.3. The Bertz CT molecular complexity index is 1920. The van der Waals surface area contributed by atoms with Crippen LogP contribution < -0.4 is 10.4 Å². The molecule has 41 heavy (non-hydrogen) atoms. The van der Waals surface area contributed by atoms with Crippen LogP contribution in [0.4, 0.5) is 0 Å². The Labute approximate surface area is 244 Å². The Morgan fingerprint density at radius 3 is 2.24 bits per heavy atom. The molecule has 1 fully saturated rings. The van der Waals surface area contributed by atoms with E-state index < -0.39 is 0 Å². The van der Waals surface area contributed by atoms with Crippen LogP contribution in [0.5, 0.6) is 0 Å². The molecule has 1 aliphatic heterocycles. The largest absolute Gasteiger partial charge is 0.114 e. The highest BCUT2D eigenvalue weighted by atomic mass is 31.1. The molecule has 8 rings (SSSR count). The van der Waals surface area contributed by atoms with Gasteiger partial charge in [0.1, 0.15) is 0 Å². The molecule has 0 aromatic heterocycles. The first-order chi connectivity index (χ1) is 20.3. The lowest BCUT2D eigenvalue weighted by molar-refractivity contribution is 0.597. The summed E-state index contributed by atoms with van der Waals surface area (Å²) >= 11 is 0. The molecule has 0 bridgehead atoms. The molecule has 0 N–H and O–H groups in total. The average Bonchev–Trinajstić information content (AvgIpc) is 3.29. The topological polar surface area (TPSA) is 0 Å². The maximum absolute atomic E-state index is 2.41. The van der Waals surface area contributed by atoms with Crippen LogP contribution in [-0.4, -0.2) is 11.8 Å². The van der Waals surface area contributed by atoms with Gasteiger partial charge >= 0.3 is 0 Å². The van der Waals surface area contributed by atoms with E-state index in [1.807, 2.05) is 0 Å². The third-order valence-electron chi connectivity index (χ3n) is 9.53. The first-order valence-corrected chi connectivity index (χ1v) is 16.6. The van der Waals surface area contributed by atoms with Crippen LogP contribution in [0, 0.1) is 5.92 Å². The van der Waals surface area contributed by atoms with E-state index in [-0.39, 0.29) is 0 Å². The lowest BCUT2D eigenvalue weighted by Crippen LogP contribution is -2.41. The van der Waals surface area contributed by atoms with Crippen LogP contribution in [-0.2, 0) is 6.42 Å². The van der Waals surface area contributed by atoms with E-state index in [4.69, 9.17) is 0 Å². The molecule has 3 aliphatic rings. The van der Waals surface area contributed by atoms with Crippen molar-refractivity contribution in [3.05, 3.63) is 148 Å². The van der Waals surface area contributed by atoms with Crippen LogP contribution in [0.1, 0.15) is 47.9 Å². The van der Waals surface area contributed by atoms with Crippen molar-refractivity contribution in [2.75, 3.05) is 6.16 Å². The van der Waals surface area contributed by atoms with E-state index in [9.17, 15) is 0 Å². The molecule has 5 aromatic rings. The van der Waals surface area contributed by atoms with Crippen molar-refractivity contribution in [1.29, 1.82) is 0 Å². The average molecular weight is 547 g/mol. The monoisotopic (exact) mass is 546 g/mol. The van der Waals surface area contributed by atoms with Gasteiger partial charge < -0.3 is 0 Å². The van der Waals surface area contributed by atoms with Gasteiger partial charge in [-0.2, -0.15) is 0 Å². The number of aryl methyl sites for hydroxylation is 1. The van der Waals surface area contributed by atoms with Crippen molar-refractivity contribution in [3.8, 4) is 11.1 Å². The second-order valence-electron chi connectivity index (χ2n) is 11.9. The van der Waals surface area contributed by atoms with Gasteiger partial charge in [0.2, 0.25) is 0 Å². The third-order valence-corrected chi connectivity index (χ3v) is 11.3. The number of allylic oxidation sites excluding steroid dienone is 1. The third kappa shape index (κ3) is 4.41. The van der Waals surface area contributed by atoms with Crippen LogP contribution >= 0.6 is 8.58 Å². The standard InChI is InChI=1S/C40H35P/c1-2-12-31-26-32(24-21-27(31)10-1)28-19-22-30(23-20-28)38-35-15-5-6-16-36(35)39(40-37(38)17-7-8-25-41-40)34-18-9-13-29-11-3-4-14-33(29)34/h1-2,4-6,9-10,12-16,18-24,26,37,40-41H,3,7-8,11,17,25H2. The van der Waals surface area contributed by atoms with Gasteiger partial charge in [-0.1, -0.05) is 122 Å². The Morgan fingerprint density at radius 2 is 1.37 bits per heavy atom. The molecule has 200 valence electrons. The van der Waals surface area contributed by atoms with Crippen LogP contribution in [0.3, 0.4) is 0 Å². The van der Waals surface area contributed by atoms with Crippen molar-refractivity contribution in [2.24, 2.45) is 5.92 Å². The Morgan fingerprint density at radius 1 is 0.610 bits per heavy atom. The second kappa shape index (κ2) is 10.6. The van der Waals surface area contributed by atoms with Gasteiger partial charge in [0.25, 0.3) is 0 Å². The van der Waals surface area contributed by atoms with Crippen molar-refractivity contribution in [2.45, 2.75) is 37.8 Å². The van der Waals surface area contributed by atoms with Crippen molar-refractivity contribution >= 4 is 36.6 Å². The number of hydrogen-bond acceptors (Lipinski definition) is 0. The molecular weight excluding hydrogens is 511 g/mol. The molecule has 0 amide bonds. The molecule has 1 saturated heterocycles. The summed E-state index contributed by atoms with van der Waals surface area (Å²) in [6.07, 6.45) is 12.4. The highest BCUT2D eigenvalue weighted by Gasteiger charge is 2.35. The molecule has 0 spiro atoms. The van der Waals surface area contributed by atoms with Gasteiger partial charge in [0.05, 0.1) is 0 Å². The Hall–Kier alpha value is -3.73. The second-order valence-corrected chi connectivity index (χ2v) is 13.4. The number of rotatable bonds is 3. The van der Waals surface area contributed by atoms with E-state index in [1.165, 1.54) is 80.0 Å². The number of hydrogen-bond donors (Lipinski definition) is 0. The zero-order valence-corrected chi connectivity index (χ0v) is 24.4. The van der Waals surface area contributed by atoms with Crippen molar-refractivity contribution in [3.63, 3.8) is 0 Å². The summed E-state index contributed by atoms with van der Waals surface area (Å²) in [7, 11) is 0.970. The Kier molecular flexibility index (Phi) is 6.46. The quantitative estimate of drug-likeness (QED) is 0.199. The molecule has 1 heteroatoms. The molecule has 2 aliphatic carbocycles. The molecule has 0 radical (unpaired) electrons. The van der Waals surface area contributed by atoms with Gasteiger partial charge in [-0.15, -0.1) is 8.58 Å². The van der Waals surface area contributed by atoms with Crippen LogP contribution in [0.25, 0.3) is 39.1 Å². The lowest BCUT2D eigenvalue weighted by atomic mass is 9.75. The summed E-state index contributed by atoms with van der Waals surface area (Å²) in [6, 6.07) is 41.4. The van der Waals surface area contributed by atoms with Gasteiger partial charge in [-0.05, 0) is 110 Å². The fraction of sp³-hybridized carbons (Fsp3) is 0.200. The van der Waals surface area contributed by atoms with Gasteiger partial charge in [0.15, 0.2) is 0 Å². The zero-order chi connectivity index (χ0) is 27.2.